The number of nitrogens with zero attached hydrogens (tertiary/aromatic N) is 6. The molecule has 2 aromatic heterocycles. The maximum Gasteiger partial charge on any atom is 0.416 e. The van der Waals surface area contributed by atoms with Gasteiger partial charge >= 0.3 is 6.18 Å². The summed E-state index contributed by atoms with van der Waals surface area (Å²) >= 11 is 1.25. The molecule has 1 saturated heterocycles. The number of ether oxygens (including phenoxy) is 1. The number of anilines is 3. The normalized spacial score (nSPS) is 14.5. The highest BCUT2D eigenvalue weighted by Crippen LogP contribution is 2.38. The van der Waals surface area contributed by atoms with Crippen LogP contribution < -0.4 is 15.0 Å². The first-order valence-electron chi connectivity index (χ1n) is 14.8. The third kappa shape index (κ3) is 8.94. The lowest BCUT2D eigenvalue weighted by atomic mass is 10.1. The Labute approximate surface area is 276 Å². The van der Waals surface area contributed by atoms with Gasteiger partial charge in [-0.15, -0.1) is 0 Å². The van der Waals surface area contributed by atoms with E-state index in [1.165, 1.54) is 36.0 Å². The molecular formula is C31H37F3N8O3S2. The summed E-state index contributed by atoms with van der Waals surface area (Å²) in [6, 6.07) is 12.3. The van der Waals surface area contributed by atoms with Crippen LogP contribution in [0.1, 0.15) is 16.8 Å². The van der Waals surface area contributed by atoms with Crippen molar-refractivity contribution in [1.82, 2.24) is 30.0 Å². The minimum Gasteiger partial charge on any atom is -0.490 e. The topological polar surface area (TPSA) is 120 Å². The van der Waals surface area contributed by atoms with Gasteiger partial charge in [-0.05, 0) is 68.7 Å². The van der Waals surface area contributed by atoms with E-state index in [1.807, 2.05) is 13.0 Å². The van der Waals surface area contributed by atoms with Gasteiger partial charge in [0.15, 0.2) is 32.4 Å². The number of hydrogen-bond donors (Lipinski definition) is 2. The van der Waals surface area contributed by atoms with Crippen molar-refractivity contribution in [3.05, 3.63) is 71.4 Å². The zero-order valence-corrected chi connectivity index (χ0v) is 28.1. The highest BCUT2D eigenvalue weighted by atomic mass is 32.2. The molecule has 0 atom stereocenters. The van der Waals surface area contributed by atoms with Gasteiger partial charge in [-0.1, -0.05) is 18.2 Å². The first kappa shape index (κ1) is 34.5. The predicted octanol–water partition coefficient (Wildman–Crippen LogP) is 5.09. The van der Waals surface area contributed by atoms with E-state index in [0.29, 0.717) is 33.3 Å². The van der Waals surface area contributed by atoms with Crippen LogP contribution in [0.5, 0.6) is 5.75 Å². The highest BCUT2D eigenvalue weighted by molar-refractivity contribution is 7.99. The second-order valence-electron chi connectivity index (χ2n) is 11.4. The summed E-state index contributed by atoms with van der Waals surface area (Å²) in [6.45, 7) is 7.04. The molecule has 1 fully saturated rings. The molecule has 1 aliphatic rings. The molecule has 0 aliphatic carbocycles. The van der Waals surface area contributed by atoms with Gasteiger partial charge in [0.05, 0.1) is 23.3 Å². The third-order valence-electron chi connectivity index (χ3n) is 7.52. The first-order valence-corrected chi connectivity index (χ1v) is 17.3. The standard InChI is InChI=1S/C31H37F3N8O3S2/c1-21-18-26(39-38-21)35-28-27(45-4)29(42-16-14-41(15-17-42)13-12-40(2)3)37-30(36-28)46-24-8-10-25(11-9-24)47(43,44)20-22-6-5-7-23(19-22)31(32,33)34/h5-11,18-19H,12-17,20H2,1-4H3,(H2,35,36,37,38,39). The number of aromatic amines is 1. The summed E-state index contributed by atoms with van der Waals surface area (Å²) in [4.78, 5) is 17.0. The van der Waals surface area contributed by atoms with E-state index in [0.717, 1.165) is 57.1 Å². The Morgan fingerprint density at radius 1 is 1.04 bits per heavy atom. The molecule has 0 radical (unpaired) electrons. The number of benzene rings is 2. The molecule has 0 spiro atoms. The number of hydrogen-bond acceptors (Lipinski definition) is 11. The molecule has 11 nitrogen and oxygen atoms in total. The van der Waals surface area contributed by atoms with Crippen LogP contribution in [0.4, 0.5) is 30.6 Å². The van der Waals surface area contributed by atoms with E-state index in [-0.39, 0.29) is 10.5 Å². The van der Waals surface area contributed by atoms with Crippen molar-refractivity contribution in [3.8, 4) is 5.75 Å². The lowest BCUT2D eigenvalue weighted by molar-refractivity contribution is -0.137. The monoisotopic (exact) mass is 690 g/mol. The van der Waals surface area contributed by atoms with Gasteiger partial charge in [0.2, 0.25) is 5.75 Å². The van der Waals surface area contributed by atoms with E-state index >= 15 is 0 Å². The number of piperazine rings is 1. The SMILES string of the molecule is COc1c(Nc2cc(C)[nH]n2)nc(Sc2ccc(S(=O)(=O)Cc3cccc(C(F)(F)F)c3)cc2)nc1N1CCN(CCN(C)C)CC1. The molecule has 16 heteroatoms. The third-order valence-corrected chi connectivity index (χ3v) is 10.1. The minimum atomic E-state index is -4.56. The van der Waals surface area contributed by atoms with E-state index in [2.05, 4.69) is 44.3 Å². The number of nitrogens with one attached hydrogen (secondary N) is 2. The maximum absolute atomic E-state index is 13.1. The number of rotatable bonds is 12. The number of likely N-dealkylation sites (N-methyl/N-ethyl adjacent to an activating group) is 1. The lowest BCUT2D eigenvalue weighted by Gasteiger charge is -2.36. The molecular weight excluding hydrogens is 654 g/mol. The Kier molecular flexibility index (Phi) is 10.6. The van der Waals surface area contributed by atoms with Crippen LogP contribution in [0.25, 0.3) is 0 Å². The van der Waals surface area contributed by atoms with E-state index in [9.17, 15) is 21.6 Å². The van der Waals surface area contributed by atoms with Crippen molar-refractivity contribution in [2.75, 3.05) is 70.7 Å². The van der Waals surface area contributed by atoms with Gasteiger partial charge in [0.1, 0.15) is 0 Å². The summed E-state index contributed by atoms with van der Waals surface area (Å²) in [7, 11) is 1.78. The number of halogens is 3. The minimum absolute atomic E-state index is 0.000930. The largest absolute Gasteiger partial charge is 0.490 e. The zero-order valence-electron chi connectivity index (χ0n) is 26.5. The molecule has 0 amide bonds. The molecule has 3 heterocycles. The fourth-order valence-electron chi connectivity index (χ4n) is 5.04. The number of methoxy groups -OCH3 is 1. The average Bonchev–Trinajstić information content (AvgIpc) is 3.44. The highest BCUT2D eigenvalue weighted by Gasteiger charge is 2.31. The number of sulfone groups is 1. The van der Waals surface area contributed by atoms with Crippen LogP contribution in [0.2, 0.25) is 0 Å². The van der Waals surface area contributed by atoms with Crippen LogP contribution in [0, 0.1) is 6.92 Å². The predicted molar refractivity (Wildman–Crippen MR) is 175 cm³/mol. The molecule has 4 aromatic rings. The maximum atomic E-state index is 13.1. The fraction of sp³-hybridized carbons (Fsp3) is 0.387. The summed E-state index contributed by atoms with van der Waals surface area (Å²) in [5.41, 5.74) is 0.0358. The molecule has 5 rings (SSSR count). The van der Waals surface area contributed by atoms with Gasteiger partial charge < -0.3 is 19.9 Å². The number of aryl methyl sites for hydroxylation is 1. The molecule has 1 aliphatic heterocycles. The Hall–Kier alpha value is -3.86. The average molecular weight is 691 g/mol. The van der Waals surface area contributed by atoms with Crippen LogP contribution >= 0.6 is 11.8 Å². The van der Waals surface area contributed by atoms with E-state index in [1.54, 1.807) is 19.2 Å². The Morgan fingerprint density at radius 2 is 1.77 bits per heavy atom. The first-order chi connectivity index (χ1) is 22.3. The quantitative estimate of drug-likeness (QED) is 0.194. The van der Waals surface area contributed by atoms with Crippen LogP contribution in [-0.4, -0.2) is 98.9 Å². The Bertz CT molecular complexity index is 1780. The second-order valence-corrected chi connectivity index (χ2v) is 14.5. The smallest absolute Gasteiger partial charge is 0.416 e. The molecule has 252 valence electrons. The van der Waals surface area contributed by atoms with Crippen LogP contribution in [0.3, 0.4) is 0 Å². The molecule has 2 N–H and O–H groups in total. The Balaban J connectivity index is 1.38. The summed E-state index contributed by atoms with van der Waals surface area (Å²) in [5, 5.41) is 10.8. The lowest BCUT2D eigenvalue weighted by Crippen LogP contribution is -2.48. The summed E-state index contributed by atoms with van der Waals surface area (Å²) < 4.78 is 71.4. The van der Waals surface area contributed by atoms with Crippen molar-refractivity contribution < 1.29 is 26.3 Å². The zero-order chi connectivity index (χ0) is 33.8. The number of alkyl halides is 3. The fourth-order valence-corrected chi connectivity index (χ4v) is 7.13. The van der Waals surface area contributed by atoms with Gasteiger partial charge in [0, 0.05) is 55.9 Å². The van der Waals surface area contributed by atoms with Gasteiger partial charge in [0.25, 0.3) is 0 Å². The number of H-pyrrole nitrogens is 1. The van der Waals surface area contributed by atoms with Gasteiger partial charge in [-0.2, -0.15) is 18.3 Å². The van der Waals surface area contributed by atoms with Crippen molar-refractivity contribution in [2.24, 2.45) is 0 Å². The second kappa shape index (κ2) is 14.5. The molecule has 47 heavy (non-hydrogen) atoms. The summed E-state index contributed by atoms with van der Waals surface area (Å²) in [5.74, 6) is 1.55. The van der Waals surface area contributed by atoms with Crippen LogP contribution in [0.15, 0.2) is 69.5 Å². The van der Waals surface area contributed by atoms with Gasteiger partial charge in [-0.3, -0.25) is 10.00 Å². The van der Waals surface area contributed by atoms with Crippen LogP contribution in [-0.2, 0) is 21.8 Å². The Morgan fingerprint density at radius 3 is 2.38 bits per heavy atom. The molecule has 2 aromatic carbocycles. The molecule has 0 bridgehead atoms. The molecule has 0 saturated carbocycles. The summed E-state index contributed by atoms with van der Waals surface area (Å²) in [6.07, 6.45) is -4.56. The van der Waals surface area contributed by atoms with E-state index < -0.39 is 27.3 Å². The van der Waals surface area contributed by atoms with Gasteiger partial charge in [-0.25, -0.2) is 18.4 Å². The van der Waals surface area contributed by atoms with E-state index in [4.69, 9.17) is 14.7 Å². The number of aromatic nitrogens is 4. The molecule has 0 unspecified atom stereocenters. The van der Waals surface area contributed by atoms with Crippen molar-refractivity contribution in [2.45, 2.75) is 33.8 Å². The van der Waals surface area contributed by atoms with Crippen molar-refractivity contribution >= 4 is 39.1 Å². The van der Waals surface area contributed by atoms with Crippen molar-refractivity contribution in [3.63, 3.8) is 0 Å². The van der Waals surface area contributed by atoms with Crippen molar-refractivity contribution in [1.29, 1.82) is 0 Å².